The first-order valence-electron chi connectivity index (χ1n) is 10.1. The van der Waals surface area contributed by atoms with E-state index in [0.29, 0.717) is 5.69 Å². The van der Waals surface area contributed by atoms with Crippen molar-refractivity contribution in [2.75, 3.05) is 4.90 Å². The maximum Gasteiger partial charge on any atom is 0.270 e. The van der Waals surface area contributed by atoms with Crippen molar-refractivity contribution >= 4 is 56.8 Å². The van der Waals surface area contributed by atoms with E-state index in [1.54, 1.807) is 6.08 Å². The van der Waals surface area contributed by atoms with Gasteiger partial charge in [0, 0.05) is 21.5 Å². The van der Waals surface area contributed by atoms with Crippen LogP contribution in [-0.4, -0.2) is 21.5 Å². The molecule has 0 saturated carbocycles. The largest absolute Gasteiger partial charge is 0.318 e. The van der Waals surface area contributed by atoms with Gasteiger partial charge in [0.2, 0.25) is 0 Å². The first-order chi connectivity index (χ1) is 15.2. The minimum absolute atomic E-state index is 0.0467. The van der Waals surface area contributed by atoms with Crippen molar-refractivity contribution in [1.82, 2.24) is 9.88 Å². The second-order valence-electron chi connectivity index (χ2n) is 7.89. The third-order valence-corrected chi connectivity index (χ3v) is 6.31. The average Bonchev–Trinajstić information content (AvgIpc) is 2.99. The van der Waals surface area contributed by atoms with E-state index in [0.717, 1.165) is 38.2 Å². The van der Waals surface area contributed by atoms with Gasteiger partial charge >= 0.3 is 0 Å². The highest BCUT2D eigenvalue weighted by atomic mass is 79.9. The third-order valence-electron chi connectivity index (χ3n) is 5.53. The molecule has 2 aromatic carbocycles. The molecule has 0 atom stereocenters. The number of aryl methyl sites for hydroxylation is 3. The lowest BCUT2D eigenvalue weighted by atomic mass is 10.1. The second kappa shape index (κ2) is 8.48. The lowest BCUT2D eigenvalue weighted by molar-refractivity contribution is -0.122. The molecule has 4 rings (SSSR count). The highest BCUT2D eigenvalue weighted by Crippen LogP contribution is 2.29. The lowest BCUT2D eigenvalue weighted by Gasteiger charge is -2.30. The summed E-state index contributed by atoms with van der Waals surface area (Å²) in [5.41, 5.74) is 6.51. The number of halogens is 1. The van der Waals surface area contributed by atoms with E-state index in [2.05, 4.69) is 31.9 Å². The van der Waals surface area contributed by atoms with Crippen molar-refractivity contribution < 1.29 is 9.59 Å². The van der Waals surface area contributed by atoms with Crippen LogP contribution in [0.15, 0.2) is 58.6 Å². The Hall–Kier alpha value is -3.03. The van der Waals surface area contributed by atoms with Crippen LogP contribution in [0.4, 0.5) is 5.69 Å². The zero-order valence-corrected chi connectivity index (χ0v) is 20.6. The van der Waals surface area contributed by atoms with Crippen molar-refractivity contribution in [3.8, 4) is 5.69 Å². The molecule has 0 unspecified atom stereocenters. The zero-order valence-electron chi connectivity index (χ0n) is 18.2. The molecular weight excluding hydrogens is 486 g/mol. The molecule has 0 bridgehead atoms. The van der Waals surface area contributed by atoms with E-state index >= 15 is 0 Å². The molecule has 5 nitrogen and oxygen atoms in total. The van der Waals surface area contributed by atoms with E-state index < -0.39 is 11.8 Å². The number of nitrogens with zero attached hydrogens (tertiary/aromatic N) is 2. The smallest absolute Gasteiger partial charge is 0.270 e. The van der Waals surface area contributed by atoms with Crippen LogP contribution in [0.2, 0.25) is 0 Å². The molecule has 0 aliphatic carbocycles. The van der Waals surface area contributed by atoms with Crippen LogP contribution >= 0.6 is 28.1 Å². The van der Waals surface area contributed by atoms with E-state index in [-0.39, 0.29) is 10.7 Å². The highest BCUT2D eigenvalue weighted by Gasteiger charge is 2.35. The van der Waals surface area contributed by atoms with Crippen LogP contribution in [0.3, 0.4) is 0 Å². The van der Waals surface area contributed by atoms with Crippen molar-refractivity contribution in [2.24, 2.45) is 0 Å². The maximum atomic E-state index is 13.4. The molecular formula is C25H22BrN3O2S. The van der Waals surface area contributed by atoms with Crippen molar-refractivity contribution in [3.63, 3.8) is 0 Å². The van der Waals surface area contributed by atoms with Gasteiger partial charge in [-0.15, -0.1) is 0 Å². The Balaban J connectivity index is 1.78. The number of carbonyl (C=O) groups is 2. The monoisotopic (exact) mass is 507 g/mol. The van der Waals surface area contributed by atoms with Crippen LogP contribution in [0.25, 0.3) is 11.8 Å². The number of amides is 2. The molecule has 32 heavy (non-hydrogen) atoms. The SMILES string of the molecule is Cc1cccc(-n2c(C)cc(/C=C3\C(=O)NC(=S)N(c4ccc(Br)cc4C)C3=O)c2C)c1. The summed E-state index contributed by atoms with van der Waals surface area (Å²) in [4.78, 5) is 27.5. The summed E-state index contributed by atoms with van der Waals surface area (Å²) >= 11 is 8.77. The zero-order chi connectivity index (χ0) is 23.2. The Morgan fingerprint density at radius 1 is 1.00 bits per heavy atom. The number of thiocarbonyl (C=S) groups is 1. The summed E-state index contributed by atoms with van der Waals surface area (Å²) in [7, 11) is 0. The number of rotatable bonds is 3. The van der Waals surface area contributed by atoms with E-state index in [1.165, 1.54) is 4.90 Å². The van der Waals surface area contributed by atoms with Gasteiger partial charge in [-0.25, -0.2) is 0 Å². The summed E-state index contributed by atoms with van der Waals surface area (Å²) < 4.78 is 3.02. The summed E-state index contributed by atoms with van der Waals surface area (Å²) in [5.74, 6) is -0.934. The molecule has 0 radical (unpaired) electrons. The molecule has 3 aromatic rings. The Bertz CT molecular complexity index is 1320. The van der Waals surface area contributed by atoms with Gasteiger partial charge in [-0.05, 0) is 99.1 Å². The maximum absolute atomic E-state index is 13.4. The quantitative estimate of drug-likeness (QED) is 0.297. The first kappa shape index (κ1) is 22.2. The van der Waals surface area contributed by atoms with Gasteiger partial charge in [0.05, 0.1) is 5.69 Å². The Labute approximate surface area is 200 Å². The lowest BCUT2D eigenvalue weighted by Crippen LogP contribution is -2.54. The number of carbonyl (C=O) groups excluding carboxylic acids is 2. The van der Waals surface area contributed by atoms with Gasteiger partial charge in [-0.3, -0.25) is 19.8 Å². The number of hydrogen-bond donors (Lipinski definition) is 1. The van der Waals surface area contributed by atoms with Gasteiger partial charge < -0.3 is 4.57 Å². The molecule has 1 aliphatic heterocycles. The molecule has 2 heterocycles. The number of hydrogen-bond acceptors (Lipinski definition) is 3. The number of nitrogens with one attached hydrogen (secondary N) is 1. The summed E-state index contributed by atoms with van der Waals surface area (Å²) in [6.07, 6.45) is 1.65. The van der Waals surface area contributed by atoms with Crippen LogP contribution in [0, 0.1) is 27.7 Å². The number of anilines is 1. The fourth-order valence-electron chi connectivity index (χ4n) is 4.00. The molecule has 0 spiro atoms. The average molecular weight is 508 g/mol. The van der Waals surface area contributed by atoms with E-state index in [4.69, 9.17) is 12.2 Å². The topological polar surface area (TPSA) is 54.3 Å². The molecule has 1 N–H and O–H groups in total. The molecule has 1 aromatic heterocycles. The Morgan fingerprint density at radius 3 is 2.44 bits per heavy atom. The van der Waals surface area contributed by atoms with E-state index in [9.17, 15) is 9.59 Å². The van der Waals surface area contributed by atoms with Crippen LogP contribution in [-0.2, 0) is 9.59 Å². The van der Waals surface area contributed by atoms with Gasteiger partial charge in [0.25, 0.3) is 11.8 Å². The Kier molecular flexibility index (Phi) is 5.88. The van der Waals surface area contributed by atoms with Crippen molar-refractivity contribution in [2.45, 2.75) is 27.7 Å². The minimum atomic E-state index is -0.494. The standard InChI is InChI=1S/C25H22BrN3O2S/c1-14-6-5-7-20(10-14)28-16(3)12-18(17(28)4)13-21-23(30)27-25(32)29(24(21)31)22-9-8-19(26)11-15(22)2/h5-13H,1-4H3,(H,27,30,32)/b21-13+. The van der Waals surface area contributed by atoms with Crippen molar-refractivity contribution in [3.05, 3.63) is 86.7 Å². The van der Waals surface area contributed by atoms with Crippen molar-refractivity contribution in [1.29, 1.82) is 0 Å². The Morgan fingerprint density at radius 2 is 1.75 bits per heavy atom. The molecule has 1 aliphatic rings. The van der Waals surface area contributed by atoms with Crippen LogP contribution in [0.5, 0.6) is 0 Å². The molecule has 2 amide bonds. The molecule has 7 heteroatoms. The summed E-state index contributed by atoms with van der Waals surface area (Å²) in [6.45, 7) is 7.93. The van der Waals surface area contributed by atoms with E-state index in [1.807, 2.05) is 70.2 Å². The first-order valence-corrected chi connectivity index (χ1v) is 11.3. The number of benzene rings is 2. The highest BCUT2D eigenvalue weighted by molar-refractivity contribution is 9.10. The summed E-state index contributed by atoms with van der Waals surface area (Å²) in [5, 5.41) is 2.74. The van der Waals surface area contributed by atoms with Gasteiger partial charge in [-0.2, -0.15) is 0 Å². The van der Waals surface area contributed by atoms with Gasteiger partial charge in [-0.1, -0.05) is 28.1 Å². The fraction of sp³-hybridized carbons (Fsp3) is 0.160. The number of aromatic nitrogens is 1. The van der Waals surface area contributed by atoms with Gasteiger partial charge in [0.15, 0.2) is 5.11 Å². The molecule has 162 valence electrons. The summed E-state index contributed by atoms with van der Waals surface area (Å²) in [6, 6.07) is 15.7. The minimum Gasteiger partial charge on any atom is -0.318 e. The molecule has 1 fully saturated rings. The predicted molar refractivity (Wildman–Crippen MR) is 135 cm³/mol. The fourth-order valence-corrected chi connectivity index (χ4v) is 4.75. The van der Waals surface area contributed by atoms with Crippen LogP contribution < -0.4 is 10.2 Å². The molecule has 1 saturated heterocycles. The normalized spacial score (nSPS) is 15.5. The van der Waals surface area contributed by atoms with Crippen LogP contribution in [0.1, 0.15) is 28.1 Å². The predicted octanol–water partition coefficient (Wildman–Crippen LogP) is 5.30. The van der Waals surface area contributed by atoms with Gasteiger partial charge in [0.1, 0.15) is 5.57 Å². The third kappa shape index (κ3) is 3.94. The second-order valence-corrected chi connectivity index (χ2v) is 9.19.